The highest BCUT2D eigenvalue weighted by molar-refractivity contribution is 5.80. The molecule has 0 radical (unpaired) electrons. The Morgan fingerprint density at radius 1 is 1.25 bits per heavy atom. The fourth-order valence-corrected chi connectivity index (χ4v) is 2.01. The lowest BCUT2D eigenvalue weighted by Crippen LogP contribution is -2.30. The first-order chi connectivity index (χ1) is 9.60. The zero-order valence-electron chi connectivity index (χ0n) is 11.3. The molecular weight excluding hydrogens is 262 g/mol. The third-order valence-electron chi connectivity index (χ3n) is 3.10. The van der Waals surface area contributed by atoms with E-state index in [1.54, 1.807) is 4.90 Å². The predicted octanol–water partition coefficient (Wildman–Crippen LogP) is 1.63. The number of hydrogen-bond acceptors (Lipinski definition) is 4. The van der Waals surface area contributed by atoms with Gasteiger partial charge in [0.05, 0.1) is 6.42 Å². The average molecular weight is 279 g/mol. The summed E-state index contributed by atoms with van der Waals surface area (Å²) < 4.78 is 10.5. The quantitative estimate of drug-likeness (QED) is 0.856. The van der Waals surface area contributed by atoms with Gasteiger partial charge >= 0.3 is 5.97 Å². The number of ether oxygens (including phenoxy) is 2. The molecule has 0 spiro atoms. The first kappa shape index (κ1) is 14.2. The Balaban J connectivity index is 1.99. The second kappa shape index (κ2) is 6.27. The van der Waals surface area contributed by atoms with E-state index in [-0.39, 0.29) is 25.5 Å². The molecule has 1 heterocycles. The van der Waals surface area contributed by atoms with Gasteiger partial charge in [0.25, 0.3) is 0 Å². The molecule has 108 valence electrons. The molecule has 0 aliphatic carbocycles. The topological polar surface area (TPSA) is 76.1 Å². The van der Waals surface area contributed by atoms with Gasteiger partial charge in [-0.2, -0.15) is 0 Å². The third-order valence-corrected chi connectivity index (χ3v) is 3.10. The first-order valence-electron chi connectivity index (χ1n) is 6.48. The van der Waals surface area contributed by atoms with Crippen molar-refractivity contribution in [2.75, 3.05) is 13.3 Å². The van der Waals surface area contributed by atoms with Gasteiger partial charge in [-0.1, -0.05) is 6.07 Å². The van der Waals surface area contributed by atoms with E-state index >= 15 is 0 Å². The number of rotatable bonds is 6. The van der Waals surface area contributed by atoms with Crippen LogP contribution in [-0.2, 0) is 16.1 Å². The van der Waals surface area contributed by atoms with Crippen molar-refractivity contribution in [3.63, 3.8) is 0 Å². The van der Waals surface area contributed by atoms with Crippen molar-refractivity contribution in [2.45, 2.75) is 26.3 Å². The zero-order valence-corrected chi connectivity index (χ0v) is 11.3. The van der Waals surface area contributed by atoms with E-state index in [2.05, 4.69) is 0 Å². The average Bonchev–Trinajstić information content (AvgIpc) is 2.89. The molecule has 0 saturated carbocycles. The van der Waals surface area contributed by atoms with Crippen LogP contribution >= 0.6 is 0 Å². The summed E-state index contributed by atoms with van der Waals surface area (Å²) >= 11 is 0. The third kappa shape index (κ3) is 3.40. The number of fused-ring (bicyclic) bond motifs is 1. The zero-order chi connectivity index (χ0) is 14.5. The van der Waals surface area contributed by atoms with Crippen LogP contribution in [0.1, 0.15) is 25.3 Å². The van der Waals surface area contributed by atoms with Gasteiger partial charge in [-0.05, 0) is 24.6 Å². The summed E-state index contributed by atoms with van der Waals surface area (Å²) in [6, 6.07) is 5.53. The summed E-state index contributed by atoms with van der Waals surface area (Å²) in [5.74, 6) is 0.260. The monoisotopic (exact) mass is 279 g/mol. The van der Waals surface area contributed by atoms with Crippen LogP contribution in [-0.4, -0.2) is 35.2 Å². The van der Waals surface area contributed by atoms with E-state index in [0.717, 1.165) is 5.56 Å². The Hall–Kier alpha value is -2.24. The van der Waals surface area contributed by atoms with Crippen LogP contribution in [0, 0.1) is 0 Å². The molecule has 1 aliphatic rings. The predicted molar refractivity (Wildman–Crippen MR) is 70.5 cm³/mol. The lowest BCUT2D eigenvalue weighted by molar-refractivity contribution is -0.141. The van der Waals surface area contributed by atoms with Crippen molar-refractivity contribution in [3.8, 4) is 11.5 Å². The first-order valence-corrected chi connectivity index (χ1v) is 6.48. The molecule has 0 aromatic heterocycles. The van der Waals surface area contributed by atoms with Crippen molar-refractivity contribution in [1.82, 2.24) is 4.90 Å². The molecule has 6 nitrogen and oxygen atoms in total. The summed E-state index contributed by atoms with van der Waals surface area (Å²) in [6.07, 6.45) is -0.121. The van der Waals surface area contributed by atoms with E-state index in [1.807, 2.05) is 25.1 Å². The van der Waals surface area contributed by atoms with Gasteiger partial charge in [0.2, 0.25) is 12.7 Å². The minimum absolute atomic E-state index is 0.0216. The SMILES string of the molecule is CCN(Cc1ccc2c(c1)OCO2)C(=O)CCC(=O)O. The molecule has 2 rings (SSSR count). The number of carbonyl (C=O) groups is 2. The molecule has 0 atom stereocenters. The van der Waals surface area contributed by atoms with Crippen molar-refractivity contribution in [3.05, 3.63) is 23.8 Å². The van der Waals surface area contributed by atoms with Gasteiger partial charge < -0.3 is 19.5 Å². The molecule has 1 N–H and O–H groups in total. The second-order valence-electron chi connectivity index (χ2n) is 4.49. The number of carboxylic acids is 1. The number of nitrogens with zero attached hydrogens (tertiary/aromatic N) is 1. The van der Waals surface area contributed by atoms with Crippen LogP contribution in [0.5, 0.6) is 11.5 Å². The summed E-state index contributed by atoms with van der Waals surface area (Å²) in [5, 5.41) is 8.61. The highest BCUT2D eigenvalue weighted by atomic mass is 16.7. The van der Waals surface area contributed by atoms with Crippen LogP contribution < -0.4 is 9.47 Å². The molecule has 1 amide bonds. The van der Waals surface area contributed by atoms with Gasteiger partial charge in [0.1, 0.15) is 0 Å². The van der Waals surface area contributed by atoms with Crippen molar-refractivity contribution in [1.29, 1.82) is 0 Å². The molecule has 0 bridgehead atoms. The standard InChI is InChI=1S/C14H17NO5/c1-2-15(13(16)5-6-14(17)18)8-10-3-4-11-12(7-10)20-9-19-11/h3-4,7H,2,5-6,8-9H2,1H3,(H,17,18). The minimum Gasteiger partial charge on any atom is -0.481 e. The highest BCUT2D eigenvalue weighted by Gasteiger charge is 2.17. The summed E-state index contributed by atoms with van der Waals surface area (Å²) in [5.41, 5.74) is 0.930. The Morgan fingerprint density at radius 2 is 2.00 bits per heavy atom. The van der Waals surface area contributed by atoms with E-state index in [4.69, 9.17) is 14.6 Å². The fraction of sp³-hybridized carbons (Fsp3) is 0.429. The lowest BCUT2D eigenvalue weighted by atomic mass is 10.1. The molecule has 20 heavy (non-hydrogen) atoms. The van der Waals surface area contributed by atoms with E-state index < -0.39 is 5.97 Å². The molecular formula is C14H17NO5. The van der Waals surface area contributed by atoms with Gasteiger partial charge in [-0.15, -0.1) is 0 Å². The van der Waals surface area contributed by atoms with Crippen LogP contribution in [0.2, 0.25) is 0 Å². The van der Waals surface area contributed by atoms with Crippen LogP contribution in [0.4, 0.5) is 0 Å². The van der Waals surface area contributed by atoms with Crippen molar-refractivity contribution >= 4 is 11.9 Å². The summed E-state index contributed by atoms with van der Waals surface area (Å²) in [6.45, 7) is 3.05. The van der Waals surface area contributed by atoms with Gasteiger partial charge in [-0.3, -0.25) is 9.59 Å². The van der Waals surface area contributed by atoms with Gasteiger partial charge in [0, 0.05) is 19.5 Å². The lowest BCUT2D eigenvalue weighted by Gasteiger charge is -2.20. The number of hydrogen-bond donors (Lipinski definition) is 1. The van der Waals surface area contributed by atoms with Crippen molar-refractivity contribution in [2.24, 2.45) is 0 Å². The number of aliphatic carboxylic acids is 1. The smallest absolute Gasteiger partial charge is 0.303 e. The maximum Gasteiger partial charge on any atom is 0.303 e. The van der Waals surface area contributed by atoms with Crippen LogP contribution in [0.25, 0.3) is 0 Å². The van der Waals surface area contributed by atoms with E-state index in [9.17, 15) is 9.59 Å². The highest BCUT2D eigenvalue weighted by Crippen LogP contribution is 2.32. The van der Waals surface area contributed by atoms with Gasteiger partial charge in [0.15, 0.2) is 11.5 Å². The normalized spacial score (nSPS) is 12.2. The minimum atomic E-state index is -0.961. The fourth-order valence-electron chi connectivity index (χ4n) is 2.01. The molecule has 1 aromatic carbocycles. The molecule has 0 saturated heterocycles. The summed E-state index contributed by atoms with van der Waals surface area (Å²) in [7, 11) is 0. The van der Waals surface area contributed by atoms with Crippen molar-refractivity contribution < 1.29 is 24.2 Å². The van der Waals surface area contributed by atoms with Crippen LogP contribution in [0.15, 0.2) is 18.2 Å². The largest absolute Gasteiger partial charge is 0.481 e. The van der Waals surface area contributed by atoms with E-state index in [0.29, 0.717) is 24.6 Å². The molecule has 1 aromatic rings. The molecule has 1 aliphatic heterocycles. The Labute approximate surface area is 116 Å². The van der Waals surface area contributed by atoms with Crippen LogP contribution in [0.3, 0.4) is 0 Å². The number of carboxylic acid groups (broad SMARTS) is 1. The maximum atomic E-state index is 11.9. The number of amides is 1. The number of carbonyl (C=O) groups excluding carboxylic acids is 1. The number of benzene rings is 1. The maximum absolute atomic E-state index is 11.9. The van der Waals surface area contributed by atoms with E-state index in [1.165, 1.54) is 0 Å². The Kier molecular flexibility index (Phi) is 4.45. The molecule has 6 heteroatoms. The molecule has 0 unspecified atom stereocenters. The van der Waals surface area contributed by atoms with Gasteiger partial charge in [-0.25, -0.2) is 0 Å². The Bertz CT molecular complexity index is 514. The Morgan fingerprint density at radius 3 is 2.70 bits per heavy atom. The summed E-state index contributed by atoms with van der Waals surface area (Å²) in [4.78, 5) is 24.0. The molecule has 0 fully saturated rings. The second-order valence-corrected chi connectivity index (χ2v) is 4.49.